The monoisotopic (exact) mass is 306 g/mol. The Morgan fingerprint density at radius 1 is 1.14 bits per heavy atom. The second-order valence-corrected chi connectivity index (χ2v) is 5.87. The maximum absolute atomic E-state index is 12.5. The van der Waals surface area contributed by atoms with Gasteiger partial charge in [-0.1, -0.05) is 0 Å². The molecule has 0 atom stereocenters. The minimum atomic E-state index is 0.148. The first-order valence-corrected chi connectivity index (χ1v) is 7.78. The standard InChI is InChI=1S/C17H26N2O3/c1-13(2)18-7-9-19(10-8-18)17(20)12-14-11-15(21-3)5-6-16(14)22-4/h5-6,11,13H,7-10,12H2,1-4H3. The summed E-state index contributed by atoms with van der Waals surface area (Å²) in [5, 5.41) is 0. The zero-order valence-electron chi connectivity index (χ0n) is 14.0. The third-order valence-corrected chi connectivity index (χ3v) is 4.23. The summed E-state index contributed by atoms with van der Waals surface area (Å²) in [6, 6.07) is 6.10. The molecule has 122 valence electrons. The molecule has 0 aliphatic carbocycles. The van der Waals surface area contributed by atoms with Crippen molar-refractivity contribution in [2.24, 2.45) is 0 Å². The van der Waals surface area contributed by atoms with E-state index in [0.29, 0.717) is 12.5 Å². The van der Waals surface area contributed by atoms with Crippen LogP contribution in [-0.4, -0.2) is 62.1 Å². The largest absolute Gasteiger partial charge is 0.497 e. The summed E-state index contributed by atoms with van der Waals surface area (Å²) in [5.41, 5.74) is 0.873. The fraction of sp³-hybridized carbons (Fsp3) is 0.588. The molecule has 0 radical (unpaired) electrons. The molecule has 1 aromatic carbocycles. The average Bonchev–Trinajstić information content (AvgIpc) is 2.54. The van der Waals surface area contributed by atoms with Gasteiger partial charge in [0.2, 0.25) is 5.91 Å². The molecule has 0 N–H and O–H groups in total. The average molecular weight is 306 g/mol. The predicted molar refractivity (Wildman–Crippen MR) is 86.5 cm³/mol. The van der Waals surface area contributed by atoms with E-state index in [1.165, 1.54) is 0 Å². The molecule has 1 amide bonds. The summed E-state index contributed by atoms with van der Waals surface area (Å²) in [6.45, 7) is 7.86. The maximum Gasteiger partial charge on any atom is 0.227 e. The van der Waals surface area contributed by atoms with Gasteiger partial charge in [0.15, 0.2) is 0 Å². The van der Waals surface area contributed by atoms with Crippen LogP contribution in [0.1, 0.15) is 19.4 Å². The normalized spacial score (nSPS) is 16.0. The molecular formula is C17H26N2O3. The lowest BCUT2D eigenvalue weighted by molar-refractivity contribution is -0.132. The first-order valence-electron chi connectivity index (χ1n) is 7.78. The van der Waals surface area contributed by atoms with Crippen LogP contribution in [0.5, 0.6) is 11.5 Å². The second kappa shape index (κ2) is 7.49. The number of benzene rings is 1. The SMILES string of the molecule is COc1ccc(OC)c(CC(=O)N2CCN(C(C)C)CC2)c1. The van der Waals surface area contributed by atoms with Gasteiger partial charge in [-0.3, -0.25) is 9.69 Å². The van der Waals surface area contributed by atoms with E-state index in [1.807, 2.05) is 23.1 Å². The molecule has 0 unspecified atom stereocenters. The highest BCUT2D eigenvalue weighted by molar-refractivity contribution is 5.79. The number of carbonyl (C=O) groups excluding carboxylic acids is 1. The fourth-order valence-electron chi connectivity index (χ4n) is 2.78. The predicted octanol–water partition coefficient (Wildman–Crippen LogP) is 1.80. The smallest absolute Gasteiger partial charge is 0.227 e. The Hall–Kier alpha value is -1.75. The van der Waals surface area contributed by atoms with E-state index >= 15 is 0 Å². The Kier molecular flexibility index (Phi) is 5.66. The molecule has 1 aromatic rings. The van der Waals surface area contributed by atoms with Gasteiger partial charge in [0, 0.05) is 37.8 Å². The summed E-state index contributed by atoms with van der Waals surface area (Å²) in [5.74, 6) is 1.62. The molecule has 1 fully saturated rings. The van der Waals surface area contributed by atoms with Crippen molar-refractivity contribution < 1.29 is 14.3 Å². The summed E-state index contributed by atoms with van der Waals surface area (Å²) < 4.78 is 10.6. The van der Waals surface area contributed by atoms with Crippen LogP contribution >= 0.6 is 0 Å². The molecule has 0 spiro atoms. The van der Waals surface area contributed by atoms with Crippen LogP contribution < -0.4 is 9.47 Å². The first kappa shape index (κ1) is 16.6. The molecule has 1 aliphatic heterocycles. The number of nitrogens with zero attached hydrogens (tertiary/aromatic N) is 2. The molecule has 1 heterocycles. The highest BCUT2D eigenvalue weighted by Crippen LogP contribution is 2.25. The minimum absolute atomic E-state index is 0.148. The summed E-state index contributed by atoms with van der Waals surface area (Å²) >= 11 is 0. The zero-order valence-corrected chi connectivity index (χ0v) is 14.0. The summed E-state index contributed by atoms with van der Waals surface area (Å²) in [7, 11) is 3.25. The van der Waals surface area contributed by atoms with E-state index in [9.17, 15) is 4.79 Å². The van der Waals surface area contributed by atoms with E-state index in [0.717, 1.165) is 43.2 Å². The summed E-state index contributed by atoms with van der Waals surface area (Å²) in [4.78, 5) is 16.9. The van der Waals surface area contributed by atoms with Gasteiger partial charge < -0.3 is 14.4 Å². The number of methoxy groups -OCH3 is 2. The van der Waals surface area contributed by atoms with Crippen molar-refractivity contribution in [3.63, 3.8) is 0 Å². The van der Waals surface area contributed by atoms with Gasteiger partial charge in [0.25, 0.3) is 0 Å². The van der Waals surface area contributed by atoms with Crippen molar-refractivity contribution in [2.45, 2.75) is 26.3 Å². The maximum atomic E-state index is 12.5. The Morgan fingerprint density at radius 3 is 2.36 bits per heavy atom. The quantitative estimate of drug-likeness (QED) is 0.832. The molecule has 1 aliphatic rings. The lowest BCUT2D eigenvalue weighted by Gasteiger charge is -2.37. The third-order valence-electron chi connectivity index (χ3n) is 4.23. The van der Waals surface area contributed by atoms with Crippen molar-refractivity contribution in [3.8, 4) is 11.5 Å². The number of hydrogen-bond donors (Lipinski definition) is 0. The molecule has 1 saturated heterocycles. The van der Waals surface area contributed by atoms with Crippen molar-refractivity contribution in [1.29, 1.82) is 0 Å². The van der Waals surface area contributed by atoms with E-state index in [-0.39, 0.29) is 5.91 Å². The van der Waals surface area contributed by atoms with E-state index in [2.05, 4.69) is 18.7 Å². The third kappa shape index (κ3) is 3.91. The number of rotatable bonds is 5. The van der Waals surface area contributed by atoms with Crippen LogP contribution in [-0.2, 0) is 11.2 Å². The van der Waals surface area contributed by atoms with Crippen LogP contribution in [0, 0.1) is 0 Å². The van der Waals surface area contributed by atoms with Crippen LogP contribution in [0.25, 0.3) is 0 Å². The van der Waals surface area contributed by atoms with Gasteiger partial charge in [-0.2, -0.15) is 0 Å². The molecule has 0 aromatic heterocycles. The van der Waals surface area contributed by atoms with Gasteiger partial charge in [0.05, 0.1) is 20.6 Å². The van der Waals surface area contributed by atoms with Crippen LogP contribution in [0.2, 0.25) is 0 Å². The Bertz CT molecular complexity index is 509. The van der Waals surface area contributed by atoms with Crippen molar-refractivity contribution >= 4 is 5.91 Å². The first-order chi connectivity index (χ1) is 10.5. The Labute approximate surface area is 132 Å². The van der Waals surface area contributed by atoms with E-state index < -0.39 is 0 Å². The van der Waals surface area contributed by atoms with Crippen LogP contribution in [0.3, 0.4) is 0 Å². The molecule has 22 heavy (non-hydrogen) atoms. The second-order valence-electron chi connectivity index (χ2n) is 5.87. The number of amides is 1. The highest BCUT2D eigenvalue weighted by atomic mass is 16.5. The van der Waals surface area contributed by atoms with Crippen LogP contribution in [0.15, 0.2) is 18.2 Å². The molecule has 5 nitrogen and oxygen atoms in total. The van der Waals surface area contributed by atoms with E-state index in [1.54, 1.807) is 14.2 Å². The zero-order chi connectivity index (χ0) is 16.1. The number of ether oxygens (including phenoxy) is 2. The van der Waals surface area contributed by atoms with Gasteiger partial charge in [-0.25, -0.2) is 0 Å². The van der Waals surface area contributed by atoms with E-state index in [4.69, 9.17) is 9.47 Å². The Morgan fingerprint density at radius 2 is 1.82 bits per heavy atom. The topological polar surface area (TPSA) is 42.0 Å². The Balaban J connectivity index is 2.00. The number of carbonyl (C=O) groups is 1. The van der Waals surface area contributed by atoms with Gasteiger partial charge in [0.1, 0.15) is 11.5 Å². The number of piperazine rings is 1. The molecule has 2 rings (SSSR count). The van der Waals surface area contributed by atoms with Gasteiger partial charge >= 0.3 is 0 Å². The van der Waals surface area contributed by atoms with Crippen LogP contribution in [0.4, 0.5) is 0 Å². The molecular weight excluding hydrogens is 280 g/mol. The fourth-order valence-corrected chi connectivity index (χ4v) is 2.78. The van der Waals surface area contributed by atoms with Gasteiger partial charge in [-0.05, 0) is 32.0 Å². The van der Waals surface area contributed by atoms with Crippen molar-refractivity contribution in [2.75, 3.05) is 40.4 Å². The highest BCUT2D eigenvalue weighted by Gasteiger charge is 2.23. The van der Waals surface area contributed by atoms with Crippen molar-refractivity contribution in [3.05, 3.63) is 23.8 Å². The lowest BCUT2D eigenvalue weighted by Crippen LogP contribution is -2.51. The summed E-state index contributed by atoms with van der Waals surface area (Å²) in [6.07, 6.45) is 0.349. The lowest BCUT2D eigenvalue weighted by atomic mass is 10.1. The molecule has 5 heteroatoms. The van der Waals surface area contributed by atoms with Crippen molar-refractivity contribution in [1.82, 2.24) is 9.80 Å². The molecule has 0 bridgehead atoms. The number of hydrogen-bond acceptors (Lipinski definition) is 4. The minimum Gasteiger partial charge on any atom is -0.497 e. The van der Waals surface area contributed by atoms with Gasteiger partial charge in [-0.15, -0.1) is 0 Å². The molecule has 0 saturated carbocycles.